The number of fused-ring (bicyclic) bond motifs is 1. The van der Waals surface area contributed by atoms with Gasteiger partial charge in [0.2, 0.25) is 11.8 Å². The van der Waals surface area contributed by atoms with Crippen LogP contribution in [0.1, 0.15) is 37.1 Å². The molecule has 24 heavy (non-hydrogen) atoms. The van der Waals surface area contributed by atoms with Gasteiger partial charge in [0.15, 0.2) is 0 Å². The van der Waals surface area contributed by atoms with Crippen LogP contribution >= 0.6 is 11.3 Å². The summed E-state index contributed by atoms with van der Waals surface area (Å²) >= 11 is 1.59. The first-order valence-corrected chi connectivity index (χ1v) is 9.62. The van der Waals surface area contributed by atoms with Crippen molar-refractivity contribution in [3.05, 3.63) is 29.0 Å². The molecule has 2 aromatic heterocycles. The molecule has 2 atom stereocenters. The Kier molecular flexibility index (Phi) is 4.41. The van der Waals surface area contributed by atoms with Crippen LogP contribution in [-0.4, -0.2) is 41.0 Å². The molecule has 6 heteroatoms. The maximum absolute atomic E-state index is 12.5. The second-order valence-corrected chi connectivity index (χ2v) is 7.69. The normalized spacial score (nSPS) is 24.0. The van der Waals surface area contributed by atoms with Crippen LogP contribution < -0.4 is 5.32 Å². The number of aryl methyl sites for hydroxylation is 1. The summed E-state index contributed by atoms with van der Waals surface area (Å²) in [6.45, 7) is 4.18. The molecule has 0 unspecified atom stereocenters. The van der Waals surface area contributed by atoms with E-state index in [4.69, 9.17) is 4.42 Å². The van der Waals surface area contributed by atoms with Gasteiger partial charge in [-0.2, -0.15) is 0 Å². The molecule has 1 N–H and O–H groups in total. The first-order chi connectivity index (χ1) is 11.7. The lowest BCUT2D eigenvalue weighted by molar-refractivity contribution is -0.121. The number of nitrogens with one attached hydrogen (secondary N) is 1. The van der Waals surface area contributed by atoms with Crippen molar-refractivity contribution in [2.75, 3.05) is 13.1 Å². The van der Waals surface area contributed by atoms with Gasteiger partial charge in [-0.05, 0) is 44.2 Å². The molecule has 2 aliphatic rings. The van der Waals surface area contributed by atoms with Crippen LogP contribution in [0, 0.1) is 6.92 Å². The predicted molar refractivity (Wildman–Crippen MR) is 94.0 cm³/mol. The van der Waals surface area contributed by atoms with Crippen LogP contribution in [0.3, 0.4) is 0 Å². The summed E-state index contributed by atoms with van der Waals surface area (Å²) in [6, 6.07) is 4.78. The Bertz CT molecular complexity index is 710. The molecule has 0 radical (unpaired) electrons. The number of hydrogen-bond donors (Lipinski definition) is 1. The van der Waals surface area contributed by atoms with E-state index in [-0.39, 0.29) is 5.91 Å². The average Bonchev–Trinajstić information content (AvgIpc) is 3.29. The quantitative estimate of drug-likeness (QED) is 0.925. The van der Waals surface area contributed by atoms with Crippen molar-refractivity contribution in [3.8, 4) is 10.8 Å². The molecular formula is C18H23N3O2S. The highest BCUT2D eigenvalue weighted by Gasteiger charge is 2.36. The summed E-state index contributed by atoms with van der Waals surface area (Å²) in [4.78, 5) is 20.5. The number of oxazole rings is 1. The third kappa shape index (κ3) is 3.13. The minimum Gasteiger partial charge on any atom is -0.440 e. The van der Waals surface area contributed by atoms with Gasteiger partial charge in [0, 0.05) is 18.6 Å². The topological polar surface area (TPSA) is 58.4 Å². The number of thiophene rings is 1. The van der Waals surface area contributed by atoms with E-state index < -0.39 is 0 Å². The van der Waals surface area contributed by atoms with Crippen LogP contribution in [0.25, 0.3) is 10.8 Å². The van der Waals surface area contributed by atoms with Gasteiger partial charge in [-0.15, -0.1) is 11.3 Å². The Hall–Kier alpha value is -1.66. The lowest BCUT2D eigenvalue weighted by Crippen LogP contribution is -2.47. The Morgan fingerprint density at radius 1 is 1.42 bits per heavy atom. The minimum atomic E-state index is 0.0570. The molecule has 4 rings (SSSR count). The molecule has 4 heterocycles. The molecule has 0 aromatic carbocycles. The summed E-state index contributed by atoms with van der Waals surface area (Å²) in [5.74, 6) is 1.41. The van der Waals surface area contributed by atoms with Gasteiger partial charge >= 0.3 is 0 Å². The second-order valence-electron chi connectivity index (χ2n) is 6.74. The van der Waals surface area contributed by atoms with E-state index in [0.717, 1.165) is 29.3 Å². The largest absolute Gasteiger partial charge is 0.440 e. The van der Waals surface area contributed by atoms with Crippen molar-refractivity contribution in [1.29, 1.82) is 0 Å². The standard InChI is InChI=1S/C18H23N3O2S/c1-12-14(20-18(23-12)16-6-4-10-24-16)11-17(22)19-13-7-9-21-8-3-2-5-15(13)21/h4,6,10,13,15H,2-3,5,7-9,11H2,1H3,(H,19,22)/t13-,15+/m1/s1. The van der Waals surface area contributed by atoms with Crippen molar-refractivity contribution in [2.45, 2.75) is 51.1 Å². The smallest absolute Gasteiger partial charge is 0.236 e. The number of aromatic nitrogens is 1. The minimum absolute atomic E-state index is 0.0570. The molecule has 5 nitrogen and oxygen atoms in total. The van der Waals surface area contributed by atoms with E-state index in [2.05, 4.69) is 15.2 Å². The van der Waals surface area contributed by atoms with E-state index in [1.165, 1.54) is 25.8 Å². The molecule has 0 aliphatic carbocycles. The van der Waals surface area contributed by atoms with E-state index in [9.17, 15) is 4.79 Å². The van der Waals surface area contributed by atoms with Gasteiger partial charge < -0.3 is 9.73 Å². The number of rotatable bonds is 4. The number of hydrogen-bond acceptors (Lipinski definition) is 5. The molecular weight excluding hydrogens is 322 g/mol. The second kappa shape index (κ2) is 6.69. The van der Waals surface area contributed by atoms with Gasteiger partial charge in [-0.3, -0.25) is 9.69 Å². The van der Waals surface area contributed by atoms with Crippen LogP contribution in [0.4, 0.5) is 0 Å². The summed E-state index contributed by atoms with van der Waals surface area (Å²) in [6.07, 6.45) is 5.13. The average molecular weight is 345 g/mol. The van der Waals surface area contributed by atoms with Gasteiger partial charge in [-0.1, -0.05) is 12.5 Å². The van der Waals surface area contributed by atoms with Crippen molar-refractivity contribution >= 4 is 17.2 Å². The SMILES string of the molecule is Cc1oc(-c2cccs2)nc1CC(=O)N[C@@H]1CCN2CCCC[C@@H]12. The summed E-state index contributed by atoms with van der Waals surface area (Å²) in [7, 11) is 0. The van der Waals surface area contributed by atoms with Crippen molar-refractivity contribution < 1.29 is 9.21 Å². The zero-order valence-corrected chi connectivity index (χ0v) is 14.8. The number of carbonyl (C=O) groups excluding carboxylic acids is 1. The third-order valence-corrected chi connectivity index (χ3v) is 6.01. The van der Waals surface area contributed by atoms with Crippen LogP contribution in [0.2, 0.25) is 0 Å². The summed E-state index contributed by atoms with van der Waals surface area (Å²) < 4.78 is 5.73. The Balaban J connectivity index is 1.40. The molecule has 0 spiro atoms. The lowest BCUT2D eigenvalue weighted by atomic mass is 9.99. The molecule has 0 bridgehead atoms. The van der Waals surface area contributed by atoms with Crippen molar-refractivity contribution in [1.82, 2.24) is 15.2 Å². The Morgan fingerprint density at radius 2 is 2.33 bits per heavy atom. The van der Waals surface area contributed by atoms with Crippen LogP contribution in [0.15, 0.2) is 21.9 Å². The molecule has 2 aliphatic heterocycles. The van der Waals surface area contributed by atoms with Crippen LogP contribution in [-0.2, 0) is 11.2 Å². The molecule has 0 saturated carbocycles. The van der Waals surface area contributed by atoms with E-state index in [0.29, 0.717) is 24.4 Å². The maximum Gasteiger partial charge on any atom is 0.236 e. The highest BCUT2D eigenvalue weighted by atomic mass is 32.1. The van der Waals surface area contributed by atoms with E-state index >= 15 is 0 Å². The maximum atomic E-state index is 12.5. The van der Waals surface area contributed by atoms with E-state index in [1.807, 2.05) is 24.4 Å². The molecule has 2 saturated heterocycles. The molecule has 2 fully saturated rings. The van der Waals surface area contributed by atoms with Crippen LogP contribution in [0.5, 0.6) is 0 Å². The first-order valence-electron chi connectivity index (χ1n) is 8.74. The number of amides is 1. The molecule has 128 valence electrons. The predicted octanol–water partition coefficient (Wildman–Crippen LogP) is 3.00. The fraction of sp³-hybridized carbons (Fsp3) is 0.556. The Labute approximate surface area is 146 Å². The fourth-order valence-electron chi connectivity index (χ4n) is 3.92. The summed E-state index contributed by atoms with van der Waals surface area (Å²) in [5, 5.41) is 5.24. The number of nitrogens with zero attached hydrogens (tertiary/aromatic N) is 2. The van der Waals surface area contributed by atoms with Gasteiger partial charge in [-0.25, -0.2) is 4.98 Å². The lowest BCUT2D eigenvalue weighted by Gasteiger charge is -2.32. The molecule has 1 amide bonds. The van der Waals surface area contributed by atoms with Gasteiger partial charge in [0.05, 0.1) is 17.0 Å². The van der Waals surface area contributed by atoms with Gasteiger partial charge in [0.1, 0.15) is 5.76 Å². The zero-order chi connectivity index (χ0) is 16.5. The molecule has 2 aromatic rings. The number of piperidine rings is 1. The zero-order valence-electron chi connectivity index (χ0n) is 14.0. The third-order valence-electron chi connectivity index (χ3n) is 5.16. The Morgan fingerprint density at radius 3 is 3.17 bits per heavy atom. The monoisotopic (exact) mass is 345 g/mol. The fourth-order valence-corrected chi connectivity index (χ4v) is 4.57. The first kappa shape index (κ1) is 15.8. The highest BCUT2D eigenvalue weighted by molar-refractivity contribution is 7.13. The number of carbonyl (C=O) groups is 1. The van der Waals surface area contributed by atoms with Crippen molar-refractivity contribution in [3.63, 3.8) is 0 Å². The highest BCUT2D eigenvalue weighted by Crippen LogP contribution is 2.28. The summed E-state index contributed by atoms with van der Waals surface area (Å²) in [5.41, 5.74) is 0.745. The van der Waals surface area contributed by atoms with Crippen molar-refractivity contribution in [2.24, 2.45) is 0 Å². The van der Waals surface area contributed by atoms with E-state index in [1.54, 1.807) is 11.3 Å². The van der Waals surface area contributed by atoms with Gasteiger partial charge in [0.25, 0.3) is 0 Å².